The summed E-state index contributed by atoms with van der Waals surface area (Å²) in [6.07, 6.45) is 7.00. The fourth-order valence-corrected chi connectivity index (χ4v) is 3.01. The Hall–Kier alpha value is -3.26. The summed E-state index contributed by atoms with van der Waals surface area (Å²) in [5.41, 5.74) is 0.928. The predicted molar refractivity (Wildman–Crippen MR) is 99.9 cm³/mol. The molecule has 138 valence electrons. The van der Waals surface area contributed by atoms with Crippen LogP contribution in [0.4, 0.5) is 5.69 Å². The van der Waals surface area contributed by atoms with Crippen LogP contribution in [0.15, 0.2) is 55.0 Å². The number of hydrogen-bond acceptors (Lipinski definition) is 6. The molecule has 27 heavy (non-hydrogen) atoms. The van der Waals surface area contributed by atoms with Gasteiger partial charge in [0.25, 0.3) is 5.91 Å². The van der Waals surface area contributed by atoms with E-state index in [1.54, 1.807) is 47.5 Å². The van der Waals surface area contributed by atoms with Crippen LogP contribution >= 0.6 is 0 Å². The zero-order chi connectivity index (χ0) is 18.5. The van der Waals surface area contributed by atoms with Crippen LogP contribution in [0.25, 0.3) is 0 Å². The van der Waals surface area contributed by atoms with Gasteiger partial charge in [0.1, 0.15) is 11.5 Å². The number of carbonyl (C=O) groups is 1. The number of amides is 1. The van der Waals surface area contributed by atoms with Crippen LogP contribution in [0.3, 0.4) is 0 Å². The topological polar surface area (TPSA) is 94.0 Å². The van der Waals surface area contributed by atoms with Crippen LogP contribution in [0.5, 0.6) is 11.5 Å². The molecule has 0 atom stereocenters. The van der Waals surface area contributed by atoms with E-state index in [1.165, 1.54) is 0 Å². The number of ether oxygens (including phenoxy) is 1. The Morgan fingerprint density at radius 3 is 2.78 bits per heavy atom. The van der Waals surface area contributed by atoms with E-state index in [2.05, 4.69) is 25.9 Å². The van der Waals surface area contributed by atoms with E-state index in [0.29, 0.717) is 22.9 Å². The van der Waals surface area contributed by atoms with Gasteiger partial charge in [-0.2, -0.15) is 0 Å². The minimum atomic E-state index is -0.295. The zero-order valence-corrected chi connectivity index (χ0v) is 14.7. The monoisotopic (exact) mass is 364 g/mol. The molecular weight excluding hydrogens is 344 g/mol. The molecule has 3 heterocycles. The highest BCUT2D eigenvalue weighted by Crippen LogP contribution is 2.24. The zero-order valence-electron chi connectivity index (χ0n) is 14.7. The fourth-order valence-electron chi connectivity index (χ4n) is 3.01. The van der Waals surface area contributed by atoms with Gasteiger partial charge in [0, 0.05) is 24.1 Å². The minimum absolute atomic E-state index is 0.289. The number of carbonyl (C=O) groups excluding carboxylic acids is 1. The summed E-state index contributed by atoms with van der Waals surface area (Å²) in [5.74, 6) is 1.01. The van der Waals surface area contributed by atoms with Crippen molar-refractivity contribution in [1.29, 1.82) is 0 Å². The summed E-state index contributed by atoms with van der Waals surface area (Å²) >= 11 is 0. The molecule has 8 heteroatoms. The second kappa shape index (κ2) is 7.96. The third kappa shape index (κ3) is 4.29. The van der Waals surface area contributed by atoms with E-state index in [4.69, 9.17) is 4.74 Å². The lowest BCUT2D eigenvalue weighted by Crippen LogP contribution is -2.29. The first-order chi connectivity index (χ1) is 13.3. The quantitative estimate of drug-likeness (QED) is 0.723. The Labute approximate surface area is 156 Å². The lowest BCUT2D eigenvalue weighted by Gasteiger charge is -2.22. The number of rotatable bonds is 5. The van der Waals surface area contributed by atoms with Gasteiger partial charge in [-0.3, -0.25) is 9.78 Å². The van der Waals surface area contributed by atoms with Crippen LogP contribution < -0.4 is 15.4 Å². The van der Waals surface area contributed by atoms with Crippen LogP contribution in [0.2, 0.25) is 0 Å². The number of aromatic nitrogens is 4. The molecule has 3 aromatic rings. The maximum absolute atomic E-state index is 12.5. The molecule has 2 aromatic heterocycles. The average molecular weight is 364 g/mol. The molecule has 0 bridgehead atoms. The van der Waals surface area contributed by atoms with Crippen molar-refractivity contribution in [2.24, 2.45) is 0 Å². The van der Waals surface area contributed by atoms with Crippen LogP contribution in [0, 0.1) is 0 Å². The first-order valence-corrected chi connectivity index (χ1v) is 8.90. The maximum atomic E-state index is 12.5. The molecular formula is C19H20N6O2. The van der Waals surface area contributed by atoms with Gasteiger partial charge in [-0.05, 0) is 50.2 Å². The molecule has 0 radical (unpaired) electrons. The normalized spacial score (nSPS) is 14.7. The summed E-state index contributed by atoms with van der Waals surface area (Å²) in [7, 11) is 0. The Morgan fingerprint density at radius 2 is 1.96 bits per heavy atom. The average Bonchev–Trinajstić information content (AvgIpc) is 3.20. The third-order valence-electron chi connectivity index (χ3n) is 4.40. The number of nitrogens with zero attached hydrogens (tertiary/aromatic N) is 4. The van der Waals surface area contributed by atoms with E-state index in [-0.39, 0.29) is 11.9 Å². The highest BCUT2D eigenvalue weighted by Gasteiger charge is 2.18. The van der Waals surface area contributed by atoms with E-state index in [9.17, 15) is 4.79 Å². The second-order valence-corrected chi connectivity index (χ2v) is 6.33. The Morgan fingerprint density at radius 1 is 1.15 bits per heavy atom. The molecule has 1 aliphatic rings. The molecule has 0 unspecified atom stereocenters. The van der Waals surface area contributed by atoms with Crippen molar-refractivity contribution in [3.63, 3.8) is 0 Å². The number of pyridine rings is 1. The van der Waals surface area contributed by atoms with Gasteiger partial charge >= 0.3 is 0 Å². The predicted octanol–water partition coefficient (Wildman–Crippen LogP) is 2.64. The Bertz CT molecular complexity index is 905. The van der Waals surface area contributed by atoms with Gasteiger partial charge in [0.2, 0.25) is 0 Å². The maximum Gasteiger partial charge on any atom is 0.277 e. The van der Waals surface area contributed by atoms with E-state index in [0.717, 1.165) is 25.9 Å². The van der Waals surface area contributed by atoms with Gasteiger partial charge in [-0.15, -0.1) is 5.10 Å². The van der Waals surface area contributed by atoms with E-state index < -0.39 is 0 Å². The highest BCUT2D eigenvalue weighted by molar-refractivity contribution is 6.02. The Balaban J connectivity index is 1.42. The van der Waals surface area contributed by atoms with Crippen molar-refractivity contribution in [2.75, 3.05) is 18.4 Å². The first-order valence-electron chi connectivity index (χ1n) is 8.90. The summed E-state index contributed by atoms with van der Waals surface area (Å²) in [4.78, 5) is 16.4. The fraction of sp³-hybridized carbons (Fsp3) is 0.263. The summed E-state index contributed by atoms with van der Waals surface area (Å²) < 4.78 is 7.55. The standard InChI is InChI=1S/C19H20N6O2/c26-19(18-13-25(24-23-18)15-4-8-20-9-5-15)22-14-2-1-3-17(12-14)27-16-6-10-21-11-7-16/h1-3,6-7,10-13,15,20H,4-5,8-9H2,(H,22,26). The molecule has 1 aliphatic heterocycles. The van der Waals surface area contributed by atoms with Crippen molar-refractivity contribution in [3.05, 3.63) is 60.7 Å². The van der Waals surface area contributed by atoms with Crippen molar-refractivity contribution in [3.8, 4) is 11.5 Å². The van der Waals surface area contributed by atoms with Gasteiger partial charge in [0.05, 0.1) is 12.2 Å². The van der Waals surface area contributed by atoms with Crippen LogP contribution in [0.1, 0.15) is 29.4 Å². The molecule has 2 N–H and O–H groups in total. The molecule has 1 fully saturated rings. The SMILES string of the molecule is O=C(Nc1cccc(Oc2ccncc2)c1)c1cn(C2CCNCC2)nn1. The smallest absolute Gasteiger partial charge is 0.277 e. The lowest BCUT2D eigenvalue weighted by molar-refractivity contribution is 0.102. The van der Waals surface area contributed by atoms with E-state index >= 15 is 0 Å². The summed E-state index contributed by atoms with van der Waals surface area (Å²) in [6, 6.07) is 11.0. The van der Waals surface area contributed by atoms with Gasteiger partial charge < -0.3 is 15.4 Å². The van der Waals surface area contributed by atoms with E-state index in [1.807, 2.05) is 12.1 Å². The third-order valence-corrected chi connectivity index (χ3v) is 4.40. The largest absolute Gasteiger partial charge is 0.457 e. The summed E-state index contributed by atoms with van der Waals surface area (Å²) in [6.45, 7) is 1.91. The van der Waals surface area contributed by atoms with Crippen molar-refractivity contribution >= 4 is 11.6 Å². The minimum Gasteiger partial charge on any atom is -0.457 e. The molecule has 1 aromatic carbocycles. The second-order valence-electron chi connectivity index (χ2n) is 6.33. The molecule has 1 amide bonds. The van der Waals surface area contributed by atoms with Gasteiger partial charge in [-0.1, -0.05) is 11.3 Å². The van der Waals surface area contributed by atoms with Crippen molar-refractivity contribution in [2.45, 2.75) is 18.9 Å². The number of benzene rings is 1. The molecule has 8 nitrogen and oxygen atoms in total. The van der Waals surface area contributed by atoms with Crippen molar-refractivity contribution in [1.82, 2.24) is 25.3 Å². The number of hydrogen-bond donors (Lipinski definition) is 2. The van der Waals surface area contributed by atoms with Gasteiger partial charge in [-0.25, -0.2) is 4.68 Å². The van der Waals surface area contributed by atoms with Gasteiger partial charge in [0.15, 0.2) is 5.69 Å². The molecule has 4 rings (SSSR count). The van der Waals surface area contributed by atoms with Crippen molar-refractivity contribution < 1.29 is 9.53 Å². The summed E-state index contributed by atoms with van der Waals surface area (Å²) in [5, 5.41) is 14.3. The highest BCUT2D eigenvalue weighted by atomic mass is 16.5. The number of nitrogens with one attached hydrogen (secondary N) is 2. The molecule has 0 saturated carbocycles. The molecule has 0 spiro atoms. The Kier molecular flexibility index (Phi) is 5.06. The lowest BCUT2D eigenvalue weighted by atomic mass is 10.1. The first kappa shape index (κ1) is 17.2. The molecule has 1 saturated heterocycles. The number of piperidine rings is 1. The molecule has 0 aliphatic carbocycles. The van der Waals surface area contributed by atoms with Crippen LogP contribution in [-0.4, -0.2) is 39.0 Å². The van der Waals surface area contributed by atoms with Crippen LogP contribution in [-0.2, 0) is 0 Å². The number of anilines is 1.